The van der Waals surface area contributed by atoms with E-state index in [1.807, 2.05) is 32.9 Å². The predicted molar refractivity (Wildman–Crippen MR) is 81.3 cm³/mol. The quantitative estimate of drug-likeness (QED) is 0.922. The fourth-order valence-electron chi connectivity index (χ4n) is 2.13. The highest BCUT2D eigenvalue weighted by Gasteiger charge is 2.32. The van der Waals surface area contributed by atoms with Gasteiger partial charge in [-0.1, -0.05) is 26.0 Å². The number of hydrogen-bond acceptors (Lipinski definition) is 3. The van der Waals surface area contributed by atoms with Crippen LogP contribution >= 0.6 is 0 Å². The topological polar surface area (TPSA) is 58.6 Å². The predicted octanol–water partition coefficient (Wildman–Crippen LogP) is 1.96. The lowest BCUT2D eigenvalue weighted by atomic mass is 10.1. The summed E-state index contributed by atoms with van der Waals surface area (Å²) >= 11 is 0. The molecule has 1 N–H and O–H groups in total. The fraction of sp³-hybridized carbons (Fsp3) is 0.500. The molecule has 0 unspecified atom stereocenters. The molecule has 0 spiro atoms. The van der Waals surface area contributed by atoms with Crippen LogP contribution in [0.25, 0.3) is 0 Å². The maximum atomic E-state index is 12.3. The molecule has 0 aromatic heterocycles. The van der Waals surface area contributed by atoms with E-state index in [2.05, 4.69) is 5.32 Å². The second-order valence-corrected chi connectivity index (χ2v) is 5.75. The lowest BCUT2D eigenvalue weighted by molar-refractivity contribution is -0.128. The van der Waals surface area contributed by atoms with Crippen LogP contribution in [0.2, 0.25) is 0 Å². The zero-order valence-electron chi connectivity index (χ0n) is 12.9. The Balaban J connectivity index is 2.15. The van der Waals surface area contributed by atoms with E-state index in [1.165, 1.54) is 4.90 Å². The molecule has 0 radical (unpaired) electrons. The maximum absolute atomic E-state index is 12.3. The number of rotatable bonds is 4. The third-order valence-electron chi connectivity index (χ3n) is 3.76. The van der Waals surface area contributed by atoms with Gasteiger partial charge in [0.05, 0.1) is 5.69 Å². The first kappa shape index (κ1) is 15.4. The van der Waals surface area contributed by atoms with Gasteiger partial charge in [0.25, 0.3) is 5.91 Å². The van der Waals surface area contributed by atoms with Gasteiger partial charge in [0, 0.05) is 6.04 Å². The molecule has 1 aromatic carbocycles. The summed E-state index contributed by atoms with van der Waals surface area (Å²) in [5.41, 5.74) is 0.646. The molecule has 0 fully saturated rings. The first-order chi connectivity index (χ1) is 9.90. The van der Waals surface area contributed by atoms with Crippen LogP contribution in [-0.2, 0) is 9.59 Å². The lowest BCUT2D eigenvalue weighted by Gasteiger charge is -2.32. The Morgan fingerprint density at radius 3 is 2.67 bits per heavy atom. The molecular weight excluding hydrogens is 268 g/mol. The van der Waals surface area contributed by atoms with E-state index in [4.69, 9.17) is 4.74 Å². The van der Waals surface area contributed by atoms with Crippen LogP contribution in [0.4, 0.5) is 5.69 Å². The number of para-hydroxylation sites is 2. The number of amides is 2. The second kappa shape index (κ2) is 6.16. The van der Waals surface area contributed by atoms with Gasteiger partial charge in [0.1, 0.15) is 12.3 Å². The number of anilines is 1. The number of ether oxygens (including phenoxy) is 1. The first-order valence-corrected chi connectivity index (χ1v) is 7.26. The number of nitrogens with zero attached hydrogens (tertiary/aromatic N) is 1. The number of benzene rings is 1. The van der Waals surface area contributed by atoms with Gasteiger partial charge in [-0.2, -0.15) is 0 Å². The highest BCUT2D eigenvalue weighted by molar-refractivity contribution is 6.03. The van der Waals surface area contributed by atoms with Crippen LogP contribution < -0.4 is 15.0 Å². The van der Waals surface area contributed by atoms with Gasteiger partial charge < -0.3 is 10.1 Å². The molecule has 2 amide bonds. The summed E-state index contributed by atoms with van der Waals surface area (Å²) in [4.78, 5) is 25.9. The van der Waals surface area contributed by atoms with Crippen molar-refractivity contribution in [3.05, 3.63) is 24.3 Å². The molecule has 2 atom stereocenters. The molecule has 114 valence electrons. The highest BCUT2D eigenvalue weighted by Crippen LogP contribution is 2.33. The summed E-state index contributed by atoms with van der Waals surface area (Å²) < 4.78 is 5.55. The Morgan fingerprint density at radius 1 is 1.33 bits per heavy atom. The summed E-state index contributed by atoms with van der Waals surface area (Å²) in [5, 5.41) is 2.92. The number of hydrogen-bond donors (Lipinski definition) is 1. The number of fused-ring (bicyclic) bond motifs is 1. The van der Waals surface area contributed by atoms with E-state index < -0.39 is 6.10 Å². The minimum Gasteiger partial charge on any atom is -0.479 e. The average Bonchev–Trinajstić information content (AvgIpc) is 2.43. The molecule has 0 saturated carbocycles. The average molecular weight is 290 g/mol. The molecule has 21 heavy (non-hydrogen) atoms. The van der Waals surface area contributed by atoms with Crippen LogP contribution in [0, 0.1) is 5.92 Å². The molecular formula is C16H22N2O3. The summed E-state index contributed by atoms with van der Waals surface area (Å²) in [7, 11) is 0. The van der Waals surface area contributed by atoms with E-state index in [9.17, 15) is 9.59 Å². The Kier molecular flexibility index (Phi) is 4.50. The maximum Gasteiger partial charge on any atom is 0.268 e. The van der Waals surface area contributed by atoms with Crippen molar-refractivity contribution in [3.8, 4) is 5.75 Å². The molecule has 1 aliphatic rings. The lowest BCUT2D eigenvalue weighted by Crippen LogP contribution is -2.50. The summed E-state index contributed by atoms with van der Waals surface area (Å²) in [6.45, 7) is 7.76. The van der Waals surface area contributed by atoms with Crippen molar-refractivity contribution in [2.75, 3.05) is 11.4 Å². The second-order valence-electron chi connectivity index (χ2n) is 5.75. The van der Waals surface area contributed by atoms with Gasteiger partial charge in [-0.25, -0.2) is 0 Å². The van der Waals surface area contributed by atoms with Crippen LogP contribution in [0.15, 0.2) is 24.3 Å². The third-order valence-corrected chi connectivity index (χ3v) is 3.76. The van der Waals surface area contributed by atoms with Crippen molar-refractivity contribution in [3.63, 3.8) is 0 Å². The molecule has 5 heteroatoms. The van der Waals surface area contributed by atoms with Crippen molar-refractivity contribution >= 4 is 17.5 Å². The van der Waals surface area contributed by atoms with E-state index in [0.29, 0.717) is 17.4 Å². The van der Waals surface area contributed by atoms with E-state index in [-0.39, 0.29) is 24.4 Å². The van der Waals surface area contributed by atoms with Gasteiger partial charge in [-0.15, -0.1) is 0 Å². The molecule has 2 rings (SSSR count). The largest absolute Gasteiger partial charge is 0.479 e. The summed E-state index contributed by atoms with van der Waals surface area (Å²) in [6.07, 6.45) is -0.574. The van der Waals surface area contributed by atoms with Crippen molar-refractivity contribution in [1.82, 2.24) is 5.32 Å². The van der Waals surface area contributed by atoms with Crippen LogP contribution in [0.5, 0.6) is 5.75 Å². The van der Waals surface area contributed by atoms with Gasteiger partial charge >= 0.3 is 0 Å². The van der Waals surface area contributed by atoms with Gasteiger partial charge in [-0.3, -0.25) is 14.5 Å². The van der Waals surface area contributed by atoms with Crippen LogP contribution in [-0.4, -0.2) is 30.5 Å². The van der Waals surface area contributed by atoms with Crippen molar-refractivity contribution in [2.45, 2.75) is 39.8 Å². The van der Waals surface area contributed by atoms with E-state index >= 15 is 0 Å². The normalized spacial score (nSPS) is 19.0. The van der Waals surface area contributed by atoms with Gasteiger partial charge in [-0.05, 0) is 31.9 Å². The monoisotopic (exact) mass is 290 g/mol. The van der Waals surface area contributed by atoms with Crippen LogP contribution in [0.3, 0.4) is 0 Å². The van der Waals surface area contributed by atoms with Crippen molar-refractivity contribution < 1.29 is 14.3 Å². The molecule has 0 bridgehead atoms. The Bertz CT molecular complexity index is 542. The SMILES string of the molecule is CC(C)[C@@H](C)NC(=O)CN1C(=O)[C@@H](C)Oc2ccccc21. The Labute approximate surface area is 125 Å². The molecule has 1 aliphatic heterocycles. The smallest absolute Gasteiger partial charge is 0.268 e. The van der Waals surface area contributed by atoms with Crippen molar-refractivity contribution in [2.24, 2.45) is 5.92 Å². The zero-order chi connectivity index (χ0) is 15.6. The van der Waals surface area contributed by atoms with E-state index in [1.54, 1.807) is 19.1 Å². The number of carbonyl (C=O) groups excluding carboxylic acids is 2. The van der Waals surface area contributed by atoms with E-state index in [0.717, 1.165) is 0 Å². The molecule has 1 heterocycles. The highest BCUT2D eigenvalue weighted by atomic mass is 16.5. The Hall–Kier alpha value is -2.04. The number of nitrogens with one attached hydrogen (secondary N) is 1. The number of carbonyl (C=O) groups is 2. The summed E-state index contributed by atoms with van der Waals surface area (Å²) in [5.74, 6) is 0.629. The first-order valence-electron chi connectivity index (χ1n) is 7.26. The minimum atomic E-state index is -0.574. The molecule has 5 nitrogen and oxygen atoms in total. The standard InChI is InChI=1S/C16H22N2O3/c1-10(2)11(3)17-15(19)9-18-13-7-5-6-8-14(13)21-12(4)16(18)20/h5-8,10-12H,9H2,1-4H3,(H,17,19)/t11-,12-/m1/s1. The van der Waals surface area contributed by atoms with Crippen molar-refractivity contribution in [1.29, 1.82) is 0 Å². The van der Waals surface area contributed by atoms with Gasteiger partial charge in [0.2, 0.25) is 5.91 Å². The van der Waals surface area contributed by atoms with Gasteiger partial charge in [0.15, 0.2) is 6.10 Å². The molecule has 0 aliphatic carbocycles. The van der Waals surface area contributed by atoms with Crippen LogP contribution in [0.1, 0.15) is 27.7 Å². The third kappa shape index (κ3) is 3.35. The zero-order valence-corrected chi connectivity index (χ0v) is 12.9. The minimum absolute atomic E-state index is 0.0145. The molecule has 0 saturated heterocycles. The summed E-state index contributed by atoms with van der Waals surface area (Å²) in [6, 6.07) is 7.34. The Morgan fingerprint density at radius 2 is 2.00 bits per heavy atom. The fourth-order valence-corrected chi connectivity index (χ4v) is 2.13. The molecule has 1 aromatic rings.